The van der Waals surface area contributed by atoms with Gasteiger partial charge in [0.2, 0.25) is 0 Å². The minimum Gasteiger partial charge on any atom is -0.352 e. The van der Waals surface area contributed by atoms with Gasteiger partial charge in [0.25, 0.3) is 0 Å². The zero-order valence-electron chi connectivity index (χ0n) is 7.98. The molecule has 0 aliphatic carbocycles. The highest BCUT2D eigenvalue weighted by Crippen LogP contribution is 2.17. The van der Waals surface area contributed by atoms with Gasteiger partial charge in [-0.05, 0) is 13.8 Å². The third-order valence-corrected chi connectivity index (χ3v) is 2.48. The third-order valence-electron chi connectivity index (χ3n) is 1.77. The van der Waals surface area contributed by atoms with Crippen molar-refractivity contribution < 1.29 is 0 Å². The van der Waals surface area contributed by atoms with Gasteiger partial charge in [-0.3, -0.25) is 5.10 Å². The van der Waals surface area contributed by atoms with Gasteiger partial charge >= 0.3 is 0 Å². The summed E-state index contributed by atoms with van der Waals surface area (Å²) in [5.41, 5.74) is 0. The second-order valence-corrected chi connectivity index (χ2v) is 3.88. The second kappa shape index (κ2) is 3.75. The Kier molecular flexibility index (Phi) is 2.45. The average Bonchev–Trinajstić information content (AvgIpc) is 2.75. The molecule has 1 atom stereocenters. The normalized spacial score (nSPS) is 12.7. The molecule has 0 aliphatic rings. The van der Waals surface area contributed by atoms with Crippen molar-refractivity contribution >= 4 is 16.5 Å². The molecular weight excluding hydrogens is 198 g/mol. The van der Waals surface area contributed by atoms with Crippen LogP contribution in [0.15, 0.2) is 11.6 Å². The third kappa shape index (κ3) is 1.90. The number of nitrogens with zero attached hydrogens (tertiary/aromatic N) is 3. The molecule has 0 fully saturated rings. The van der Waals surface area contributed by atoms with Crippen LogP contribution in [0.25, 0.3) is 0 Å². The smallest absolute Gasteiger partial charge is 0.183 e. The Morgan fingerprint density at radius 1 is 1.57 bits per heavy atom. The van der Waals surface area contributed by atoms with Crippen LogP contribution >= 0.6 is 11.3 Å². The first-order chi connectivity index (χ1) is 6.75. The maximum absolute atomic E-state index is 4.24. The molecule has 0 amide bonds. The molecule has 0 aromatic carbocycles. The molecule has 1 unspecified atom stereocenters. The summed E-state index contributed by atoms with van der Waals surface area (Å²) in [6.07, 6.45) is 1.77. The summed E-state index contributed by atoms with van der Waals surface area (Å²) in [6.45, 7) is 3.89. The van der Waals surface area contributed by atoms with Crippen molar-refractivity contribution in [1.82, 2.24) is 20.2 Å². The van der Waals surface area contributed by atoms with Crippen molar-refractivity contribution in [2.75, 3.05) is 5.32 Å². The predicted octanol–water partition coefficient (Wildman–Crippen LogP) is 1.74. The molecule has 2 heterocycles. The van der Waals surface area contributed by atoms with Crippen LogP contribution in [0.3, 0.4) is 0 Å². The first-order valence-electron chi connectivity index (χ1n) is 4.30. The van der Waals surface area contributed by atoms with Gasteiger partial charge in [-0.1, -0.05) is 0 Å². The van der Waals surface area contributed by atoms with E-state index in [1.807, 2.05) is 19.2 Å². The number of aromatic nitrogens is 4. The van der Waals surface area contributed by atoms with Gasteiger partial charge < -0.3 is 5.32 Å². The van der Waals surface area contributed by atoms with Crippen LogP contribution in [0.5, 0.6) is 0 Å². The van der Waals surface area contributed by atoms with E-state index in [9.17, 15) is 0 Å². The van der Waals surface area contributed by atoms with E-state index in [-0.39, 0.29) is 6.04 Å². The number of thiazole rings is 1. The number of H-pyrrole nitrogens is 1. The van der Waals surface area contributed by atoms with Crippen LogP contribution in [0.2, 0.25) is 0 Å². The van der Waals surface area contributed by atoms with Crippen LogP contribution in [0.1, 0.15) is 24.6 Å². The largest absolute Gasteiger partial charge is 0.352 e. The Hall–Kier alpha value is -1.43. The number of hydrogen-bond donors (Lipinski definition) is 2. The number of anilines is 1. The topological polar surface area (TPSA) is 66.5 Å². The van der Waals surface area contributed by atoms with Gasteiger partial charge in [-0.2, -0.15) is 5.10 Å². The lowest BCUT2D eigenvalue weighted by molar-refractivity contribution is 0.794. The van der Waals surface area contributed by atoms with Crippen LogP contribution in [0.4, 0.5) is 5.13 Å². The molecule has 0 aliphatic heterocycles. The Morgan fingerprint density at radius 2 is 2.43 bits per heavy atom. The average molecular weight is 209 g/mol. The molecule has 0 spiro atoms. The number of nitrogens with one attached hydrogen (secondary N) is 2. The van der Waals surface area contributed by atoms with Gasteiger partial charge in [0.1, 0.15) is 5.82 Å². The van der Waals surface area contributed by atoms with E-state index in [1.165, 1.54) is 0 Å². The summed E-state index contributed by atoms with van der Waals surface area (Å²) in [5, 5.41) is 12.9. The second-order valence-electron chi connectivity index (χ2n) is 2.98. The van der Waals surface area contributed by atoms with Crippen molar-refractivity contribution in [3.63, 3.8) is 0 Å². The molecule has 0 saturated carbocycles. The van der Waals surface area contributed by atoms with Crippen molar-refractivity contribution in [3.05, 3.63) is 23.2 Å². The highest BCUT2D eigenvalue weighted by atomic mass is 32.1. The molecule has 2 aromatic heterocycles. The fourth-order valence-corrected chi connectivity index (χ4v) is 1.72. The van der Waals surface area contributed by atoms with Gasteiger partial charge in [-0.15, -0.1) is 11.3 Å². The van der Waals surface area contributed by atoms with Crippen LogP contribution < -0.4 is 5.32 Å². The van der Waals surface area contributed by atoms with Gasteiger partial charge in [-0.25, -0.2) is 9.97 Å². The molecule has 14 heavy (non-hydrogen) atoms. The Balaban J connectivity index is 2.06. The highest BCUT2D eigenvalue weighted by Gasteiger charge is 2.10. The first kappa shape index (κ1) is 9.14. The molecule has 74 valence electrons. The molecular formula is C8H11N5S. The van der Waals surface area contributed by atoms with E-state index in [1.54, 1.807) is 17.5 Å². The number of hydrogen-bond acceptors (Lipinski definition) is 5. The minimum atomic E-state index is 0.0751. The van der Waals surface area contributed by atoms with Gasteiger partial charge in [0.05, 0.1) is 6.04 Å². The fourth-order valence-electron chi connectivity index (χ4n) is 1.10. The van der Waals surface area contributed by atoms with Crippen molar-refractivity contribution in [3.8, 4) is 0 Å². The maximum atomic E-state index is 4.24. The summed E-state index contributed by atoms with van der Waals surface area (Å²) < 4.78 is 0. The minimum absolute atomic E-state index is 0.0751. The number of aromatic amines is 1. The lowest BCUT2D eigenvalue weighted by Gasteiger charge is -2.07. The molecule has 0 saturated heterocycles. The first-order valence-corrected chi connectivity index (χ1v) is 5.18. The lowest BCUT2D eigenvalue weighted by Crippen LogP contribution is -2.08. The quantitative estimate of drug-likeness (QED) is 0.808. The van der Waals surface area contributed by atoms with Crippen molar-refractivity contribution in [1.29, 1.82) is 0 Å². The molecule has 2 rings (SSSR count). The predicted molar refractivity (Wildman–Crippen MR) is 55.3 cm³/mol. The monoisotopic (exact) mass is 209 g/mol. The summed E-state index contributed by atoms with van der Waals surface area (Å²) in [5.74, 6) is 1.59. The molecule has 6 heteroatoms. The Labute approximate surface area is 85.6 Å². The van der Waals surface area contributed by atoms with Crippen LogP contribution in [-0.2, 0) is 0 Å². The van der Waals surface area contributed by atoms with E-state index >= 15 is 0 Å². The number of aryl methyl sites for hydroxylation is 1. The fraction of sp³-hybridized carbons (Fsp3) is 0.375. The van der Waals surface area contributed by atoms with Crippen LogP contribution in [0, 0.1) is 6.92 Å². The molecule has 2 aromatic rings. The van der Waals surface area contributed by atoms with E-state index in [0.717, 1.165) is 16.8 Å². The van der Waals surface area contributed by atoms with E-state index in [0.29, 0.717) is 0 Å². The van der Waals surface area contributed by atoms with Crippen molar-refractivity contribution in [2.24, 2.45) is 0 Å². The SMILES string of the molecule is Cc1nc(C(C)Nc2nccs2)n[nH]1. The van der Waals surface area contributed by atoms with Gasteiger partial charge in [0.15, 0.2) is 11.0 Å². The van der Waals surface area contributed by atoms with E-state index < -0.39 is 0 Å². The molecule has 2 N–H and O–H groups in total. The maximum Gasteiger partial charge on any atom is 0.183 e. The highest BCUT2D eigenvalue weighted by molar-refractivity contribution is 7.13. The lowest BCUT2D eigenvalue weighted by atomic mass is 10.3. The van der Waals surface area contributed by atoms with Gasteiger partial charge in [0, 0.05) is 11.6 Å². The molecule has 0 radical (unpaired) electrons. The van der Waals surface area contributed by atoms with E-state index in [4.69, 9.17) is 0 Å². The van der Waals surface area contributed by atoms with E-state index in [2.05, 4.69) is 25.5 Å². The van der Waals surface area contributed by atoms with Crippen LogP contribution in [-0.4, -0.2) is 20.2 Å². The number of rotatable bonds is 3. The standard InChI is InChI=1S/C8H11N5S/c1-5(7-11-6(2)12-13-7)10-8-9-3-4-14-8/h3-5H,1-2H3,(H,9,10)(H,11,12,13). The summed E-state index contributed by atoms with van der Waals surface area (Å²) in [4.78, 5) is 8.37. The Morgan fingerprint density at radius 3 is 3.00 bits per heavy atom. The van der Waals surface area contributed by atoms with Crippen molar-refractivity contribution in [2.45, 2.75) is 19.9 Å². The summed E-state index contributed by atoms with van der Waals surface area (Å²) >= 11 is 1.56. The molecule has 0 bridgehead atoms. The molecule has 5 nitrogen and oxygen atoms in total. The zero-order chi connectivity index (χ0) is 9.97. The Bertz CT molecular complexity index is 394. The summed E-state index contributed by atoms with van der Waals surface area (Å²) in [7, 11) is 0. The summed E-state index contributed by atoms with van der Waals surface area (Å²) in [6, 6.07) is 0.0751. The zero-order valence-corrected chi connectivity index (χ0v) is 8.80.